The molecule has 0 aliphatic heterocycles. The number of imidazole rings is 1. The summed E-state index contributed by atoms with van der Waals surface area (Å²) in [6.45, 7) is 2.16. The molecule has 0 saturated heterocycles. The Labute approximate surface area is 100 Å². The van der Waals surface area contributed by atoms with Crippen molar-refractivity contribution in [1.29, 1.82) is 0 Å². The average Bonchev–Trinajstić information content (AvgIpc) is 2.85. The van der Waals surface area contributed by atoms with E-state index in [1.165, 1.54) is 11.1 Å². The highest BCUT2D eigenvalue weighted by atomic mass is 32.1. The Kier molecular flexibility index (Phi) is 3.41. The van der Waals surface area contributed by atoms with Crippen LogP contribution in [-0.4, -0.2) is 16.6 Å². The van der Waals surface area contributed by atoms with Crippen LogP contribution in [0.4, 0.5) is 0 Å². The van der Waals surface area contributed by atoms with Crippen LogP contribution >= 0.6 is 11.3 Å². The second-order valence-corrected chi connectivity index (χ2v) is 4.75. The molecule has 2 heterocycles. The Morgan fingerprint density at radius 1 is 1.50 bits per heavy atom. The SMILES string of the molecule is CNC(Cc1nccn1C)c1cscc1C. The number of hydrogen-bond acceptors (Lipinski definition) is 3. The molecule has 0 spiro atoms. The fourth-order valence-corrected chi connectivity index (χ4v) is 2.78. The molecule has 0 saturated carbocycles. The van der Waals surface area contributed by atoms with Crippen molar-refractivity contribution in [2.75, 3.05) is 7.05 Å². The van der Waals surface area contributed by atoms with Gasteiger partial charge in [0, 0.05) is 31.9 Å². The number of rotatable bonds is 4. The second-order valence-electron chi connectivity index (χ2n) is 4.01. The lowest BCUT2D eigenvalue weighted by Crippen LogP contribution is -2.20. The van der Waals surface area contributed by atoms with E-state index in [0.29, 0.717) is 6.04 Å². The van der Waals surface area contributed by atoms with E-state index in [-0.39, 0.29) is 0 Å². The van der Waals surface area contributed by atoms with Gasteiger partial charge < -0.3 is 9.88 Å². The molecule has 0 aliphatic carbocycles. The predicted octanol–water partition coefficient (Wildman–Crippen LogP) is 2.29. The minimum atomic E-state index is 0.354. The van der Waals surface area contributed by atoms with Gasteiger partial charge in [-0.3, -0.25) is 0 Å². The molecule has 1 atom stereocenters. The molecule has 2 aromatic heterocycles. The first-order valence-electron chi connectivity index (χ1n) is 5.38. The maximum atomic E-state index is 4.37. The fourth-order valence-electron chi connectivity index (χ4n) is 1.87. The lowest BCUT2D eigenvalue weighted by Gasteiger charge is -2.16. The van der Waals surface area contributed by atoms with Crippen LogP contribution in [0.2, 0.25) is 0 Å². The van der Waals surface area contributed by atoms with Crippen molar-refractivity contribution < 1.29 is 0 Å². The van der Waals surface area contributed by atoms with Crippen LogP contribution in [0.1, 0.15) is 23.0 Å². The van der Waals surface area contributed by atoms with Crippen LogP contribution in [0.5, 0.6) is 0 Å². The van der Waals surface area contributed by atoms with Crippen molar-refractivity contribution in [3.05, 3.63) is 40.1 Å². The van der Waals surface area contributed by atoms with Crippen molar-refractivity contribution in [2.45, 2.75) is 19.4 Å². The van der Waals surface area contributed by atoms with Gasteiger partial charge in [0.1, 0.15) is 5.82 Å². The predicted molar refractivity (Wildman–Crippen MR) is 67.8 cm³/mol. The average molecular weight is 235 g/mol. The van der Waals surface area contributed by atoms with Crippen LogP contribution in [0.3, 0.4) is 0 Å². The standard InChI is InChI=1S/C12H17N3S/c1-9-7-16-8-10(9)11(13-2)6-12-14-4-5-15(12)3/h4-5,7-8,11,13H,6H2,1-3H3. The lowest BCUT2D eigenvalue weighted by atomic mass is 10.0. The molecule has 1 N–H and O–H groups in total. The van der Waals surface area contributed by atoms with Crippen LogP contribution in [0.15, 0.2) is 23.2 Å². The largest absolute Gasteiger partial charge is 0.338 e. The molecule has 0 aliphatic rings. The number of nitrogens with zero attached hydrogens (tertiary/aromatic N) is 2. The molecule has 0 fully saturated rings. The Morgan fingerprint density at radius 2 is 2.31 bits per heavy atom. The zero-order chi connectivity index (χ0) is 11.5. The molecule has 0 radical (unpaired) electrons. The van der Waals surface area contributed by atoms with E-state index < -0.39 is 0 Å². The van der Waals surface area contributed by atoms with Crippen molar-refractivity contribution in [3.63, 3.8) is 0 Å². The molecule has 0 aromatic carbocycles. The smallest absolute Gasteiger partial charge is 0.110 e. The zero-order valence-corrected chi connectivity index (χ0v) is 10.7. The van der Waals surface area contributed by atoms with Gasteiger partial charge in [0.15, 0.2) is 0 Å². The summed E-state index contributed by atoms with van der Waals surface area (Å²) in [5, 5.41) is 7.78. The molecule has 16 heavy (non-hydrogen) atoms. The zero-order valence-electron chi connectivity index (χ0n) is 9.90. The fraction of sp³-hybridized carbons (Fsp3) is 0.417. The van der Waals surface area contributed by atoms with Crippen molar-refractivity contribution >= 4 is 11.3 Å². The summed E-state index contributed by atoms with van der Waals surface area (Å²) in [7, 11) is 4.04. The van der Waals surface area contributed by atoms with Crippen LogP contribution in [0, 0.1) is 6.92 Å². The van der Waals surface area contributed by atoms with Gasteiger partial charge in [-0.25, -0.2) is 4.98 Å². The summed E-state index contributed by atoms with van der Waals surface area (Å²) in [6.07, 6.45) is 4.77. The molecule has 86 valence electrons. The molecule has 4 heteroatoms. The molecule has 1 unspecified atom stereocenters. The topological polar surface area (TPSA) is 29.9 Å². The van der Waals surface area contributed by atoms with Gasteiger partial charge in [0.2, 0.25) is 0 Å². The van der Waals surface area contributed by atoms with Gasteiger partial charge >= 0.3 is 0 Å². The molecule has 2 rings (SSSR count). The minimum Gasteiger partial charge on any atom is -0.338 e. The Balaban J connectivity index is 2.19. The van der Waals surface area contributed by atoms with Crippen molar-refractivity contribution in [1.82, 2.24) is 14.9 Å². The van der Waals surface area contributed by atoms with E-state index in [0.717, 1.165) is 12.2 Å². The number of thiophene rings is 1. The number of aromatic nitrogens is 2. The highest BCUT2D eigenvalue weighted by Crippen LogP contribution is 2.24. The maximum Gasteiger partial charge on any atom is 0.110 e. The first kappa shape index (κ1) is 11.4. The van der Waals surface area contributed by atoms with E-state index >= 15 is 0 Å². The number of aryl methyl sites for hydroxylation is 2. The molecule has 0 amide bonds. The Bertz CT molecular complexity index is 458. The van der Waals surface area contributed by atoms with Crippen molar-refractivity contribution in [2.24, 2.45) is 7.05 Å². The lowest BCUT2D eigenvalue weighted by molar-refractivity contribution is 0.563. The molecule has 3 nitrogen and oxygen atoms in total. The van der Waals surface area contributed by atoms with E-state index in [4.69, 9.17) is 0 Å². The Hall–Kier alpha value is -1.13. The van der Waals surface area contributed by atoms with E-state index in [2.05, 4.69) is 32.6 Å². The number of nitrogens with one attached hydrogen (secondary N) is 1. The number of hydrogen-bond donors (Lipinski definition) is 1. The van der Waals surface area contributed by atoms with Gasteiger partial charge in [-0.05, 0) is 35.9 Å². The van der Waals surface area contributed by atoms with E-state index in [9.17, 15) is 0 Å². The van der Waals surface area contributed by atoms with Crippen LogP contribution < -0.4 is 5.32 Å². The first-order chi connectivity index (χ1) is 7.72. The quantitative estimate of drug-likeness (QED) is 0.881. The van der Waals surface area contributed by atoms with E-state index in [1.54, 1.807) is 11.3 Å². The third-order valence-corrected chi connectivity index (χ3v) is 3.81. The monoisotopic (exact) mass is 235 g/mol. The first-order valence-corrected chi connectivity index (χ1v) is 6.32. The van der Waals surface area contributed by atoms with Crippen LogP contribution in [0.25, 0.3) is 0 Å². The van der Waals surface area contributed by atoms with Gasteiger partial charge in [-0.1, -0.05) is 0 Å². The van der Waals surface area contributed by atoms with Gasteiger partial charge in [-0.15, -0.1) is 0 Å². The summed E-state index contributed by atoms with van der Waals surface area (Å²) in [5.74, 6) is 1.12. The summed E-state index contributed by atoms with van der Waals surface area (Å²) in [5.41, 5.74) is 2.74. The third-order valence-electron chi connectivity index (χ3n) is 2.93. The molecular weight excluding hydrogens is 218 g/mol. The Morgan fingerprint density at radius 3 is 2.81 bits per heavy atom. The second kappa shape index (κ2) is 4.80. The van der Waals surface area contributed by atoms with Gasteiger partial charge in [0.05, 0.1) is 0 Å². The summed E-state index contributed by atoms with van der Waals surface area (Å²) in [4.78, 5) is 4.37. The summed E-state index contributed by atoms with van der Waals surface area (Å²) < 4.78 is 2.08. The molecular formula is C12H17N3S. The third kappa shape index (κ3) is 2.18. The van der Waals surface area contributed by atoms with Crippen molar-refractivity contribution in [3.8, 4) is 0 Å². The highest BCUT2D eigenvalue weighted by molar-refractivity contribution is 7.08. The molecule has 2 aromatic rings. The highest BCUT2D eigenvalue weighted by Gasteiger charge is 2.15. The van der Waals surface area contributed by atoms with E-state index in [1.807, 2.05) is 26.5 Å². The van der Waals surface area contributed by atoms with Gasteiger partial charge in [-0.2, -0.15) is 11.3 Å². The normalized spacial score (nSPS) is 12.9. The summed E-state index contributed by atoms with van der Waals surface area (Å²) in [6, 6.07) is 0.354. The minimum absolute atomic E-state index is 0.354. The number of likely N-dealkylation sites (N-methyl/N-ethyl adjacent to an activating group) is 1. The maximum absolute atomic E-state index is 4.37. The summed E-state index contributed by atoms with van der Waals surface area (Å²) >= 11 is 1.76. The van der Waals surface area contributed by atoms with Crippen LogP contribution in [-0.2, 0) is 13.5 Å². The molecule has 0 bridgehead atoms. The van der Waals surface area contributed by atoms with Gasteiger partial charge in [0.25, 0.3) is 0 Å².